The van der Waals surface area contributed by atoms with Crippen molar-refractivity contribution >= 4 is 23.2 Å². The number of nitrogens with one attached hydrogen (secondary N) is 1. The summed E-state index contributed by atoms with van der Waals surface area (Å²) in [4.78, 5) is 26.9. The van der Waals surface area contributed by atoms with Crippen LogP contribution in [0.15, 0.2) is 42.7 Å². The van der Waals surface area contributed by atoms with Gasteiger partial charge in [0.05, 0.1) is 17.8 Å². The van der Waals surface area contributed by atoms with Crippen LogP contribution in [0.25, 0.3) is 16.9 Å². The second-order valence-electron chi connectivity index (χ2n) is 6.05. The van der Waals surface area contributed by atoms with E-state index in [9.17, 15) is 9.59 Å². The summed E-state index contributed by atoms with van der Waals surface area (Å²) < 4.78 is 1.84. The summed E-state index contributed by atoms with van der Waals surface area (Å²) in [6, 6.07) is 9.79. The molecule has 0 saturated heterocycles. The van der Waals surface area contributed by atoms with E-state index in [0.717, 1.165) is 16.9 Å². The van der Waals surface area contributed by atoms with Crippen LogP contribution in [0.5, 0.6) is 0 Å². The highest BCUT2D eigenvalue weighted by Gasteiger charge is 2.09. The van der Waals surface area contributed by atoms with Gasteiger partial charge in [-0.1, -0.05) is 12.1 Å². The summed E-state index contributed by atoms with van der Waals surface area (Å²) in [5.41, 5.74) is 5.72. The van der Waals surface area contributed by atoms with Crippen molar-refractivity contribution in [2.24, 2.45) is 0 Å². The van der Waals surface area contributed by atoms with E-state index in [1.54, 1.807) is 12.3 Å². The molecule has 0 saturated carbocycles. The molecule has 0 fully saturated rings. The monoisotopic (exact) mass is 337 g/mol. The summed E-state index contributed by atoms with van der Waals surface area (Å²) in [6.07, 6.45) is 3.44. The van der Waals surface area contributed by atoms with Crippen LogP contribution in [0.3, 0.4) is 0 Å². The Morgan fingerprint density at radius 3 is 2.60 bits per heavy atom. The molecule has 0 spiro atoms. The topological polar surface area (TPSA) is 83.7 Å². The quantitative estimate of drug-likeness (QED) is 0.747. The number of carboxylic acid groups (broad SMARTS) is 1. The van der Waals surface area contributed by atoms with Crippen LogP contribution in [0, 0.1) is 13.8 Å². The minimum absolute atomic E-state index is 0.0504. The number of nitrogens with zero attached hydrogens (tertiary/aromatic N) is 2. The predicted molar refractivity (Wildman–Crippen MR) is 95.6 cm³/mol. The fourth-order valence-electron chi connectivity index (χ4n) is 2.55. The molecule has 0 bridgehead atoms. The number of aliphatic carboxylic acids is 1. The van der Waals surface area contributed by atoms with Crippen LogP contribution >= 0.6 is 0 Å². The molecule has 0 aliphatic heterocycles. The van der Waals surface area contributed by atoms with Crippen molar-refractivity contribution in [1.29, 1.82) is 0 Å². The molecule has 0 atom stereocenters. The van der Waals surface area contributed by atoms with Gasteiger partial charge in [0.15, 0.2) is 0 Å². The maximum absolute atomic E-state index is 11.7. The third-order valence-corrected chi connectivity index (χ3v) is 4.10. The van der Waals surface area contributed by atoms with E-state index in [-0.39, 0.29) is 18.7 Å². The third kappa shape index (κ3) is 3.85. The Morgan fingerprint density at radius 1 is 1.08 bits per heavy atom. The number of aromatic nitrogens is 2. The zero-order valence-electron chi connectivity index (χ0n) is 14.1. The molecule has 6 nitrogen and oxygen atoms in total. The normalized spacial score (nSPS) is 10.8. The first-order valence-electron chi connectivity index (χ1n) is 8.00. The van der Waals surface area contributed by atoms with Gasteiger partial charge in [0, 0.05) is 24.4 Å². The number of carbonyl (C=O) groups is 2. The van der Waals surface area contributed by atoms with Crippen LogP contribution in [0.1, 0.15) is 24.0 Å². The maximum atomic E-state index is 11.7. The van der Waals surface area contributed by atoms with Gasteiger partial charge in [0.1, 0.15) is 5.65 Å². The van der Waals surface area contributed by atoms with Crippen molar-refractivity contribution in [1.82, 2.24) is 9.38 Å². The third-order valence-electron chi connectivity index (χ3n) is 4.10. The molecular weight excluding hydrogens is 318 g/mol. The Balaban J connectivity index is 1.82. The van der Waals surface area contributed by atoms with E-state index in [1.807, 2.05) is 22.7 Å². The van der Waals surface area contributed by atoms with E-state index < -0.39 is 5.97 Å². The summed E-state index contributed by atoms with van der Waals surface area (Å²) in [5.74, 6) is -1.31. The fraction of sp³-hybridized carbons (Fsp3) is 0.211. The number of carboxylic acids is 1. The van der Waals surface area contributed by atoms with E-state index in [4.69, 9.17) is 5.11 Å². The Morgan fingerprint density at radius 2 is 1.88 bits per heavy atom. The summed E-state index contributed by atoms with van der Waals surface area (Å²) in [7, 11) is 0. The first-order valence-corrected chi connectivity index (χ1v) is 8.00. The molecule has 0 aliphatic rings. The van der Waals surface area contributed by atoms with Gasteiger partial charge in [-0.2, -0.15) is 0 Å². The van der Waals surface area contributed by atoms with Crippen molar-refractivity contribution in [2.45, 2.75) is 26.7 Å². The Labute approximate surface area is 145 Å². The lowest BCUT2D eigenvalue weighted by molar-refractivity contribution is -0.138. The second kappa shape index (κ2) is 6.76. The number of fused-ring (bicyclic) bond motifs is 1. The van der Waals surface area contributed by atoms with Gasteiger partial charge in [-0.15, -0.1) is 0 Å². The standard InChI is InChI=1S/C19H19N3O3/c1-12-3-4-14(9-13(12)2)16-11-22-10-15(5-6-17(22)21-16)20-18(23)7-8-19(24)25/h3-6,9-11H,7-8H2,1-2H3,(H,20,23)(H,24,25). The van der Waals surface area contributed by atoms with Crippen LogP contribution < -0.4 is 5.32 Å². The lowest BCUT2D eigenvalue weighted by Crippen LogP contribution is -2.13. The molecule has 3 aromatic rings. The van der Waals surface area contributed by atoms with E-state index in [2.05, 4.69) is 36.3 Å². The van der Waals surface area contributed by atoms with Gasteiger partial charge in [-0.05, 0) is 43.2 Å². The minimum Gasteiger partial charge on any atom is -0.481 e. The van der Waals surface area contributed by atoms with Gasteiger partial charge < -0.3 is 14.8 Å². The summed E-state index contributed by atoms with van der Waals surface area (Å²) in [5, 5.41) is 11.3. The highest BCUT2D eigenvalue weighted by molar-refractivity contribution is 5.92. The largest absolute Gasteiger partial charge is 0.481 e. The molecule has 1 aromatic carbocycles. The first-order chi connectivity index (χ1) is 11.9. The Bertz CT molecular complexity index is 960. The van der Waals surface area contributed by atoms with Crippen molar-refractivity contribution in [3.63, 3.8) is 0 Å². The van der Waals surface area contributed by atoms with Gasteiger partial charge >= 0.3 is 5.97 Å². The fourth-order valence-corrected chi connectivity index (χ4v) is 2.55. The van der Waals surface area contributed by atoms with Crippen molar-refractivity contribution < 1.29 is 14.7 Å². The van der Waals surface area contributed by atoms with Crippen molar-refractivity contribution in [3.8, 4) is 11.3 Å². The van der Waals surface area contributed by atoms with Crippen LogP contribution in [0.4, 0.5) is 5.69 Å². The zero-order valence-corrected chi connectivity index (χ0v) is 14.1. The highest BCUT2D eigenvalue weighted by atomic mass is 16.4. The number of anilines is 1. The number of rotatable bonds is 5. The number of imidazole rings is 1. The van der Waals surface area contributed by atoms with Crippen molar-refractivity contribution in [2.75, 3.05) is 5.32 Å². The van der Waals surface area contributed by atoms with E-state index >= 15 is 0 Å². The lowest BCUT2D eigenvalue weighted by Gasteiger charge is -2.04. The van der Waals surface area contributed by atoms with Crippen LogP contribution in [-0.4, -0.2) is 26.4 Å². The molecule has 6 heteroatoms. The molecule has 2 aromatic heterocycles. The number of amides is 1. The molecular formula is C19H19N3O3. The average Bonchev–Trinajstić information content (AvgIpc) is 2.98. The molecule has 128 valence electrons. The van der Waals surface area contributed by atoms with Crippen molar-refractivity contribution in [3.05, 3.63) is 53.9 Å². The summed E-state index contributed by atoms with van der Waals surface area (Å²) >= 11 is 0. The number of hydrogen-bond donors (Lipinski definition) is 2. The Hall–Kier alpha value is -3.15. The molecule has 0 unspecified atom stereocenters. The van der Waals surface area contributed by atoms with E-state index in [1.165, 1.54) is 11.1 Å². The van der Waals surface area contributed by atoms with Gasteiger partial charge in [-0.3, -0.25) is 9.59 Å². The number of pyridine rings is 1. The molecule has 25 heavy (non-hydrogen) atoms. The molecule has 2 N–H and O–H groups in total. The number of carbonyl (C=O) groups excluding carboxylic acids is 1. The molecule has 3 rings (SSSR count). The van der Waals surface area contributed by atoms with Crippen LogP contribution in [0.2, 0.25) is 0 Å². The zero-order chi connectivity index (χ0) is 18.0. The Kier molecular flexibility index (Phi) is 4.52. The summed E-state index contributed by atoms with van der Waals surface area (Å²) in [6.45, 7) is 4.14. The van der Waals surface area contributed by atoms with Gasteiger partial charge in [-0.25, -0.2) is 4.98 Å². The average molecular weight is 337 g/mol. The maximum Gasteiger partial charge on any atom is 0.303 e. The first kappa shape index (κ1) is 16.7. The minimum atomic E-state index is -0.988. The lowest BCUT2D eigenvalue weighted by atomic mass is 10.1. The highest BCUT2D eigenvalue weighted by Crippen LogP contribution is 2.23. The van der Waals surface area contributed by atoms with E-state index in [0.29, 0.717) is 5.69 Å². The van der Waals surface area contributed by atoms with Gasteiger partial charge in [0.25, 0.3) is 0 Å². The SMILES string of the molecule is Cc1ccc(-c2cn3cc(NC(=O)CCC(=O)O)ccc3n2)cc1C. The molecule has 0 radical (unpaired) electrons. The number of benzene rings is 1. The second-order valence-corrected chi connectivity index (χ2v) is 6.05. The van der Waals surface area contributed by atoms with Gasteiger partial charge in [0.2, 0.25) is 5.91 Å². The molecule has 2 heterocycles. The van der Waals surface area contributed by atoms with Crippen LogP contribution in [-0.2, 0) is 9.59 Å². The smallest absolute Gasteiger partial charge is 0.303 e. The predicted octanol–water partition coefficient (Wildman–Crippen LogP) is 3.42. The molecule has 1 amide bonds. The number of hydrogen-bond acceptors (Lipinski definition) is 3. The number of aryl methyl sites for hydroxylation is 2. The molecule has 0 aliphatic carbocycles.